The van der Waals surface area contributed by atoms with E-state index in [0.717, 1.165) is 25.7 Å². The quantitative estimate of drug-likeness (QED) is 0.318. The highest BCUT2D eigenvalue weighted by atomic mass is 16.7. The average molecular weight is 439 g/mol. The SMILES string of the molecule is COCOC[C@H]1[C@H]2CC[C@@]3(CC[C@H]4[C@@](C)(CCC[C@@]4(C)C(=O)OC)[C@@H]3C2)[C@@H]1OCOC. The molecule has 5 rings (SSSR count). The molecule has 8 atom stereocenters. The molecule has 0 unspecified atom stereocenters. The second kappa shape index (κ2) is 8.92. The summed E-state index contributed by atoms with van der Waals surface area (Å²) in [6.45, 7) is 5.98. The lowest BCUT2D eigenvalue weighted by Crippen LogP contribution is -2.67. The van der Waals surface area contributed by atoms with Crippen molar-refractivity contribution < 1.29 is 28.5 Å². The molecule has 5 saturated carbocycles. The van der Waals surface area contributed by atoms with Gasteiger partial charge in [-0.1, -0.05) is 13.3 Å². The fourth-order valence-corrected chi connectivity index (χ4v) is 8.84. The number of hydrogen-bond acceptors (Lipinski definition) is 6. The van der Waals surface area contributed by atoms with Crippen molar-refractivity contribution in [3.63, 3.8) is 0 Å². The first-order chi connectivity index (χ1) is 14.9. The number of esters is 1. The van der Waals surface area contributed by atoms with Crippen LogP contribution in [-0.2, 0) is 28.5 Å². The van der Waals surface area contributed by atoms with Crippen LogP contribution >= 0.6 is 0 Å². The maximum atomic E-state index is 12.9. The van der Waals surface area contributed by atoms with Gasteiger partial charge in [-0.3, -0.25) is 4.79 Å². The van der Waals surface area contributed by atoms with Crippen LogP contribution in [0.2, 0.25) is 0 Å². The van der Waals surface area contributed by atoms with Crippen molar-refractivity contribution in [1.82, 2.24) is 0 Å². The van der Waals surface area contributed by atoms with Gasteiger partial charge in [-0.15, -0.1) is 0 Å². The van der Waals surface area contributed by atoms with Crippen molar-refractivity contribution >= 4 is 5.97 Å². The zero-order valence-electron chi connectivity index (χ0n) is 20.1. The Morgan fingerprint density at radius 3 is 2.39 bits per heavy atom. The Balaban J connectivity index is 1.67. The minimum absolute atomic E-state index is 0.0154. The van der Waals surface area contributed by atoms with Gasteiger partial charge in [0.1, 0.15) is 13.6 Å². The zero-order chi connectivity index (χ0) is 22.3. The van der Waals surface area contributed by atoms with Crippen LogP contribution in [0.3, 0.4) is 0 Å². The second-order valence-electron chi connectivity index (χ2n) is 11.1. The third-order valence-electron chi connectivity index (χ3n) is 9.97. The van der Waals surface area contributed by atoms with Crippen LogP contribution in [0.5, 0.6) is 0 Å². The van der Waals surface area contributed by atoms with Gasteiger partial charge in [0.25, 0.3) is 0 Å². The molecule has 6 nitrogen and oxygen atoms in total. The molecule has 5 aliphatic rings. The maximum absolute atomic E-state index is 12.9. The molecule has 5 fully saturated rings. The molecule has 1 spiro atoms. The molecule has 0 saturated heterocycles. The molecule has 31 heavy (non-hydrogen) atoms. The molecule has 0 aromatic carbocycles. The van der Waals surface area contributed by atoms with Crippen LogP contribution in [0.4, 0.5) is 0 Å². The first kappa shape index (κ1) is 23.5. The highest BCUT2D eigenvalue weighted by Gasteiger charge is 2.69. The van der Waals surface area contributed by atoms with Crippen molar-refractivity contribution in [2.24, 2.45) is 39.9 Å². The molecule has 0 amide bonds. The van der Waals surface area contributed by atoms with E-state index in [4.69, 9.17) is 23.7 Å². The number of rotatable bonds is 8. The Hall–Kier alpha value is -0.690. The van der Waals surface area contributed by atoms with Crippen molar-refractivity contribution in [2.45, 2.75) is 71.3 Å². The Morgan fingerprint density at radius 1 is 0.935 bits per heavy atom. The van der Waals surface area contributed by atoms with Crippen molar-refractivity contribution in [3.05, 3.63) is 0 Å². The minimum Gasteiger partial charge on any atom is -0.469 e. The largest absolute Gasteiger partial charge is 0.469 e. The number of methoxy groups -OCH3 is 3. The third-order valence-corrected chi connectivity index (χ3v) is 9.97. The van der Waals surface area contributed by atoms with Gasteiger partial charge in [-0.05, 0) is 75.0 Å². The topological polar surface area (TPSA) is 63.2 Å². The normalized spacial score (nSPS) is 46.3. The van der Waals surface area contributed by atoms with Crippen LogP contribution in [0.15, 0.2) is 0 Å². The van der Waals surface area contributed by atoms with E-state index >= 15 is 0 Å². The number of ether oxygens (including phenoxy) is 5. The van der Waals surface area contributed by atoms with Gasteiger partial charge in [-0.2, -0.15) is 0 Å². The summed E-state index contributed by atoms with van der Waals surface area (Å²) in [6, 6.07) is 0. The van der Waals surface area contributed by atoms with E-state index in [1.807, 2.05) is 0 Å². The van der Waals surface area contributed by atoms with E-state index in [1.54, 1.807) is 21.3 Å². The van der Waals surface area contributed by atoms with E-state index in [1.165, 1.54) is 25.7 Å². The van der Waals surface area contributed by atoms with Crippen LogP contribution < -0.4 is 0 Å². The Kier molecular flexibility index (Phi) is 6.75. The van der Waals surface area contributed by atoms with Gasteiger partial charge in [0, 0.05) is 25.6 Å². The number of carbonyl (C=O) groups is 1. The first-order valence-corrected chi connectivity index (χ1v) is 12.1. The Bertz CT molecular complexity index is 654. The number of hydrogen-bond donors (Lipinski definition) is 0. The lowest BCUT2D eigenvalue weighted by molar-refractivity contribution is -0.276. The zero-order valence-corrected chi connectivity index (χ0v) is 20.1. The highest BCUT2D eigenvalue weighted by Crippen LogP contribution is 2.72. The molecule has 0 heterocycles. The van der Waals surface area contributed by atoms with E-state index in [2.05, 4.69) is 13.8 Å². The van der Waals surface area contributed by atoms with E-state index in [0.29, 0.717) is 43.9 Å². The number of carbonyl (C=O) groups excluding carboxylic acids is 1. The van der Waals surface area contributed by atoms with E-state index in [9.17, 15) is 4.79 Å². The van der Waals surface area contributed by atoms with Gasteiger partial charge in [-0.25, -0.2) is 0 Å². The van der Waals surface area contributed by atoms with Crippen molar-refractivity contribution in [1.29, 1.82) is 0 Å². The summed E-state index contributed by atoms with van der Waals surface area (Å²) in [5.74, 6) is 1.90. The Morgan fingerprint density at radius 2 is 1.68 bits per heavy atom. The highest BCUT2D eigenvalue weighted by molar-refractivity contribution is 5.77. The monoisotopic (exact) mass is 438 g/mol. The van der Waals surface area contributed by atoms with Crippen molar-refractivity contribution in [3.8, 4) is 0 Å². The van der Waals surface area contributed by atoms with Gasteiger partial charge in [0.15, 0.2) is 0 Å². The summed E-state index contributed by atoms with van der Waals surface area (Å²) in [6.07, 6.45) is 9.26. The molecule has 178 valence electrons. The molecule has 0 aromatic heterocycles. The lowest BCUT2D eigenvalue weighted by atomic mass is 9.35. The minimum atomic E-state index is -0.371. The molecule has 6 heteroatoms. The molecular weight excluding hydrogens is 396 g/mol. The van der Waals surface area contributed by atoms with Crippen LogP contribution in [0.1, 0.15) is 65.2 Å². The molecule has 2 bridgehead atoms. The summed E-state index contributed by atoms with van der Waals surface area (Å²) in [5.41, 5.74) is -0.0803. The summed E-state index contributed by atoms with van der Waals surface area (Å²) in [4.78, 5) is 12.9. The fraction of sp³-hybridized carbons (Fsp3) is 0.960. The van der Waals surface area contributed by atoms with Gasteiger partial charge in [0.2, 0.25) is 0 Å². The smallest absolute Gasteiger partial charge is 0.311 e. The summed E-state index contributed by atoms with van der Waals surface area (Å²) >= 11 is 0. The molecule has 0 radical (unpaired) electrons. The molecule has 0 aliphatic heterocycles. The molecule has 5 aliphatic carbocycles. The molecular formula is C25H42O6. The predicted molar refractivity (Wildman–Crippen MR) is 116 cm³/mol. The van der Waals surface area contributed by atoms with Gasteiger partial charge >= 0.3 is 5.97 Å². The van der Waals surface area contributed by atoms with E-state index in [-0.39, 0.29) is 28.3 Å². The van der Waals surface area contributed by atoms with Gasteiger partial charge in [0.05, 0.1) is 25.2 Å². The standard InChI is InChI=1S/C25H42O6/c1-23-9-6-10-24(2,22(26)29-5)19(23)8-12-25-11-7-17(13-20(23)25)18(14-30-15-27-3)21(25)31-16-28-4/h17-21H,6-16H2,1-5H3/t17-,18-,19-,20-,21+,23+,24+,25-/m0/s1. The average Bonchev–Trinajstić information content (AvgIpc) is 2.77. The van der Waals surface area contributed by atoms with Crippen LogP contribution in [0, 0.1) is 39.9 Å². The van der Waals surface area contributed by atoms with Gasteiger partial charge < -0.3 is 23.7 Å². The fourth-order valence-electron chi connectivity index (χ4n) is 8.84. The third kappa shape index (κ3) is 3.56. The Labute approximate surface area is 187 Å². The first-order valence-electron chi connectivity index (χ1n) is 12.1. The second-order valence-corrected chi connectivity index (χ2v) is 11.1. The summed E-state index contributed by atoms with van der Waals surface area (Å²) in [5, 5.41) is 0. The predicted octanol–water partition coefficient (Wildman–Crippen LogP) is 4.41. The summed E-state index contributed by atoms with van der Waals surface area (Å²) in [7, 11) is 4.92. The summed E-state index contributed by atoms with van der Waals surface area (Å²) < 4.78 is 28.2. The van der Waals surface area contributed by atoms with Crippen molar-refractivity contribution in [2.75, 3.05) is 41.5 Å². The maximum Gasteiger partial charge on any atom is 0.311 e. The molecule has 0 aromatic rings. The van der Waals surface area contributed by atoms with E-state index < -0.39 is 0 Å². The lowest BCUT2D eigenvalue weighted by Gasteiger charge is -2.70. The van der Waals surface area contributed by atoms with Crippen LogP contribution in [-0.4, -0.2) is 53.6 Å². The van der Waals surface area contributed by atoms with Crippen LogP contribution in [0.25, 0.3) is 0 Å². The number of fused-ring (bicyclic) bond motifs is 3. The molecule has 0 N–H and O–H groups in total.